The molecule has 0 aliphatic rings. The lowest BCUT2D eigenvalue weighted by Gasteiger charge is -2.05. The monoisotopic (exact) mass is 401 g/mol. The Balaban J connectivity index is 1.42. The van der Waals surface area contributed by atoms with Crippen LogP contribution in [0.3, 0.4) is 0 Å². The first-order chi connectivity index (χ1) is 13.4. The highest BCUT2D eigenvalue weighted by atomic mass is 32.2. The van der Waals surface area contributed by atoms with E-state index in [1.807, 2.05) is 0 Å². The number of aromatic nitrogens is 4. The highest BCUT2D eigenvalue weighted by Crippen LogP contribution is 2.12. The topological polar surface area (TPSA) is 113 Å². The predicted octanol–water partition coefficient (Wildman–Crippen LogP) is 1.24. The van der Waals surface area contributed by atoms with E-state index >= 15 is 0 Å². The zero-order valence-electron chi connectivity index (χ0n) is 15.9. The van der Waals surface area contributed by atoms with Crippen molar-refractivity contribution in [2.45, 2.75) is 25.5 Å². The minimum absolute atomic E-state index is 0.0702. The number of hydrogen-bond donors (Lipinski definition) is 3. The van der Waals surface area contributed by atoms with Gasteiger partial charge in [-0.2, -0.15) is 11.8 Å². The van der Waals surface area contributed by atoms with Crippen molar-refractivity contribution in [2.75, 3.05) is 12.3 Å². The van der Waals surface area contributed by atoms with E-state index in [1.165, 1.54) is 22.7 Å². The lowest BCUT2D eigenvalue weighted by atomic mass is 10.2. The first kappa shape index (κ1) is 19.9. The SMILES string of the molecule is Cc1ccc(CSCCNC(=O)CCc2nc3c([nH]2)c(=O)[nH]c(=O)n3C)cc1. The summed E-state index contributed by atoms with van der Waals surface area (Å²) < 4.78 is 1.27. The Morgan fingerprint density at radius 1 is 1.21 bits per heavy atom. The van der Waals surface area contributed by atoms with Crippen LogP contribution in [0, 0.1) is 6.92 Å². The van der Waals surface area contributed by atoms with Crippen LogP contribution in [0.25, 0.3) is 11.2 Å². The number of H-pyrrole nitrogens is 2. The van der Waals surface area contributed by atoms with Gasteiger partial charge in [0, 0.05) is 37.9 Å². The van der Waals surface area contributed by atoms with E-state index in [-0.39, 0.29) is 23.5 Å². The number of fused-ring (bicyclic) bond motifs is 1. The fraction of sp³-hybridized carbons (Fsp3) is 0.368. The summed E-state index contributed by atoms with van der Waals surface area (Å²) in [5, 5.41) is 2.89. The molecule has 0 saturated carbocycles. The van der Waals surface area contributed by atoms with Gasteiger partial charge in [0.25, 0.3) is 5.56 Å². The Kier molecular flexibility index (Phi) is 6.35. The van der Waals surface area contributed by atoms with Crippen LogP contribution >= 0.6 is 11.8 Å². The summed E-state index contributed by atoms with van der Waals surface area (Å²) in [7, 11) is 1.53. The lowest BCUT2D eigenvalue weighted by Crippen LogP contribution is -2.28. The number of thioether (sulfide) groups is 1. The smallest absolute Gasteiger partial charge is 0.329 e. The number of aromatic amines is 2. The van der Waals surface area contributed by atoms with E-state index in [2.05, 4.69) is 51.5 Å². The standard InChI is InChI=1S/C19H23N5O3S/c1-12-3-5-13(6-4-12)11-28-10-9-20-15(25)8-7-14-21-16-17(22-14)24(2)19(27)23-18(16)26/h3-6H,7-11H2,1-2H3,(H,20,25)(H,21,22)(H,23,26,27). The molecule has 0 fully saturated rings. The fourth-order valence-electron chi connectivity index (χ4n) is 2.73. The van der Waals surface area contributed by atoms with E-state index in [9.17, 15) is 14.4 Å². The summed E-state index contributed by atoms with van der Waals surface area (Å²) in [5.41, 5.74) is 2.03. The van der Waals surface area contributed by atoms with Gasteiger partial charge in [0.2, 0.25) is 5.91 Å². The summed E-state index contributed by atoms with van der Waals surface area (Å²) in [6.07, 6.45) is 0.624. The summed E-state index contributed by atoms with van der Waals surface area (Å²) in [4.78, 5) is 44.8. The molecule has 0 aliphatic carbocycles. The summed E-state index contributed by atoms with van der Waals surface area (Å²) in [5.74, 6) is 2.19. The number of carbonyl (C=O) groups excluding carboxylic acids is 1. The van der Waals surface area contributed by atoms with Crippen LogP contribution in [0.4, 0.5) is 0 Å². The van der Waals surface area contributed by atoms with Crippen molar-refractivity contribution in [3.05, 3.63) is 62.1 Å². The first-order valence-electron chi connectivity index (χ1n) is 9.02. The molecule has 8 nitrogen and oxygen atoms in total. The van der Waals surface area contributed by atoms with Crippen LogP contribution < -0.4 is 16.6 Å². The number of carbonyl (C=O) groups is 1. The van der Waals surface area contributed by atoms with Crippen LogP contribution in [0.15, 0.2) is 33.9 Å². The van der Waals surface area contributed by atoms with Crippen LogP contribution in [0.5, 0.6) is 0 Å². The molecule has 2 heterocycles. The van der Waals surface area contributed by atoms with E-state index in [1.54, 1.807) is 11.8 Å². The third kappa shape index (κ3) is 4.92. The van der Waals surface area contributed by atoms with E-state index in [0.717, 1.165) is 11.5 Å². The molecule has 3 rings (SSSR count). The molecule has 0 spiro atoms. The van der Waals surface area contributed by atoms with E-state index < -0.39 is 11.2 Å². The third-order valence-corrected chi connectivity index (χ3v) is 5.38. The van der Waals surface area contributed by atoms with E-state index in [0.29, 0.717) is 18.8 Å². The molecule has 3 aromatic rings. The minimum Gasteiger partial charge on any atom is -0.355 e. The molecule has 9 heteroatoms. The van der Waals surface area contributed by atoms with Crippen molar-refractivity contribution in [3.63, 3.8) is 0 Å². The second-order valence-corrected chi connectivity index (χ2v) is 7.69. The molecule has 0 aliphatic heterocycles. The molecular formula is C19H23N5O3S. The number of aryl methyl sites for hydroxylation is 3. The van der Waals surface area contributed by atoms with Crippen molar-refractivity contribution in [1.82, 2.24) is 24.8 Å². The Hall–Kier alpha value is -2.81. The highest BCUT2D eigenvalue weighted by Gasteiger charge is 2.11. The Bertz CT molecular complexity index is 1080. The third-order valence-electron chi connectivity index (χ3n) is 4.35. The molecule has 3 N–H and O–H groups in total. The van der Waals surface area contributed by atoms with Gasteiger partial charge >= 0.3 is 5.69 Å². The molecule has 0 radical (unpaired) electrons. The number of rotatable bonds is 8. The molecule has 1 amide bonds. The van der Waals surface area contributed by atoms with Crippen molar-refractivity contribution >= 4 is 28.8 Å². The number of hydrogen-bond acceptors (Lipinski definition) is 5. The second kappa shape index (κ2) is 8.92. The lowest BCUT2D eigenvalue weighted by molar-refractivity contribution is -0.120. The van der Waals surface area contributed by atoms with Gasteiger partial charge in [-0.25, -0.2) is 9.78 Å². The maximum absolute atomic E-state index is 12.0. The highest BCUT2D eigenvalue weighted by molar-refractivity contribution is 7.98. The van der Waals surface area contributed by atoms with Gasteiger partial charge in [0.15, 0.2) is 5.65 Å². The van der Waals surface area contributed by atoms with Crippen molar-refractivity contribution < 1.29 is 4.79 Å². The van der Waals surface area contributed by atoms with Gasteiger partial charge in [-0.05, 0) is 12.5 Å². The molecular weight excluding hydrogens is 378 g/mol. The zero-order valence-corrected chi connectivity index (χ0v) is 16.7. The minimum atomic E-state index is -0.517. The average molecular weight is 401 g/mol. The molecule has 0 unspecified atom stereocenters. The second-order valence-electron chi connectivity index (χ2n) is 6.59. The van der Waals surface area contributed by atoms with Crippen LogP contribution in [0.2, 0.25) is 0 Å². The fourth-order valence-corrected chi connectivity index (χ4v) is 3.55. The van der Waals surface area contributed by atoms with E-state index in [4.69, 9.17) is 0 Å². The molecule has 2 aromatic heterocycles. The molecule has 148 valence electrons. The van der Waals surface area contributed by atoms with Gasteiger partial charge in [-0.3, -0.25) is 19.1 Å². The van der Waals surface area contributed by atoms with Gasteiger partial charge < -0.3 is 10.3 Å². The van der Waals surface area contributed by atoms with Crippen molar-refractivity contribution in [2.24, 2.45) is 7.05 Å². The van der Waals surface area contributed by atoms with Crippen LogP contribution in [-0.4, -0.2) is 37.7 Å². The Labute approximate surface area is 165 Å². The number of nitrogens with one attached hydrogen (secondary N) is 3. The maximum Gasteiger partial charge on any atom is 0.329 e. The molecule has 0 atom stereocenters. The average Bonchev–Trinajstić information content (AvgIpc) is 3.11. The Morgan fingerprint density at radius 2 is 1.96 bits per heavy atom. The quantitative estimate of drug-likeness (QED) is 0.492. The van der Waals surface area contributed by atoms with Crippen molar-refractivity contribution in [3.8, 4) is 0 Å². The van der Waals surface area contributed by atoms with Gasteiger partial charge in [0.05, 0.1) is 0 Å². The van der Waals surface area contributed by atoms with Crippen LogP contribution in [0.1, 0.15) is 23.4 Å². The number of nitrogens with zero attached hydrogens (tertiary/aromatic N) is 2. The number of benzene rings is 1. The van der Waals surface area contributed by atoms with Crippen molar-refractivity contribution in [1.29, 1.82) is 0 Å². The maximum atomic E-state index is 12.0. The predicted molar refractivity (Wildman–Crippen MR) is 111 cm³/mol. The van der Waals surface area contributed by atoms with Gasteiger partial charge in [0.1, 0.15) is 11.3 Å². The van der Waals surface area contributed by atoms with Gasteiger partial charge in [-0.15, -0.1) is 0 Å². The summed E-state index contributed by atoms with van der Waals surface area (Å²) in [6, 6.07) is 8.44. The summed E-state index contributed by atoms with van der Waals surface area (Å²) >= 11 is 1.77. The molecule has 0 saturated heterocycles. The first-order valence-corrected chi connectivity index (χ1v) is 10.2. The molecule has 0 bridgehead atoms. The largest absolute Gasteiger partial charge is 0.355 e. The molecule has 28 heavy (non-hydrogen) atoms. The van der Waals surface area contributed by atoms with Crippen LogP contribution in [-0.2, 0) is 24.0 Å². The normalized spacial score (nSPS) is 11.1. The van der Waals surface area contributed by atoms with Gasteiger partial charge in [-0.1, -0.05) is 29.8 Å². The zero-order chi connectivity index (χ0) is 20.1. The molecule has 1 aromatic carbocycles. The number of imidazole rings is 1. The number of amides is 1. The Morgan fingerprint density at radius 3 is 2.71 bits per heavy atom. The summed E-state index contributed by atoms with van der Waals surface area (Å²) in [6.45, 7) is 2.67.